The van der Waals surface area contributed by atoms with E-state index in [1.165, 1.54) is 0 Å². The molecule has 0 radical (unpaired) electrons. The van der Waals surface area contributed by atoms with Crippen molar-refractivity contribution in [3.05, 3.63) is 42.0 Å². The van der Waals surface area contributed by atoms with Crippen molar-refractivity contribution in [1.82, 2.24) is 10.3 Å². The first-order valence-corrected chi connectivity index (χ1v) is 9.04. The van der Waals surface area contributed by atoms with Crippen LogP contribution in [0.25, 0.3) is 10.8 Å². The summed E-state index contributed by atoms with van der Waals surface area (Å²) >= 11 is 0. The van der Waals surface area contributed by atoms with Crippen LogP contribution in [0.1, 0.15) is 18.9 Å². The summed E-state index contributed by atoms with van der Waals surface area (Å²) in [6, 6.07) is 12.1. The summed E-state index contributed by atoms with van der Waals surface area (Å²) in [5, 5.41) is 6.32. The molecule has 138 valence electrons. The lowest BCUT2D eigenvalue weighted by Gasteiger charge is -2.25. The van der Waals surface area contributed by atoms with E-state index < -0.39 is 0 Å². The van der Waals surface area contributed by atoms with Crippen molar-refractivity contribution in [3.63, 3.8) is 0 Å². The molecule has 0 spiro atoms. The van der Waals surface area contributed by atoms with Crippen LogP contribution in [0, 0.1) is 0 Å². The molecular formula is C20H25N3O3. The van der Waals surface area contributed by atoms with E-state index in [9.17, 15) is 4.79 Å². The van der Waals surface area contributed by atoms with E-state index in [2.05, 4.69) is 22.4 Å². The molecule has 1 N–H and O–H groups in total. The lowest BCUT2D eigenvalue weighted by Crippen LogP contribution is -2.42. The minimum absolute atomic E-state index is 0.126. The van der Waals surface area contributed by atoms with Gasteiger partial charge in [0.2, 0.25) is 0 Å². The molecule has 1 fully saturated rings. The molecule has 0 aromatic heterocycles. The van der Waals surface area contributed by atoms with Gasteiger partial charge in [-0.05, 0) is 23.3 Å². The highest BCUT2D eigenvalue weighted by Crippen LogP contribution is 2.26. The molecule has 0 aliphatic carbocycles. The van der Waals surface area contributed by atoms with Crippen molar-refractivity contribution >= 4 is 22.9 Å². The van der Waals surface area contributed by atoms with Crippen LogP contribution in [0.15, 0.2) is 41.5 Å². The molecule has 0 unspecified atom stereocenters. The second kappa shape index (κ2) is 9.31. The fourth-order valence-electron chi connectivity index (χ4n) is 2.91. The largest absolute Gasteiger partial charge is 0.493 e. The van der Waals surface area contributed by atoms with E-state index in [4.69, 9.17) is 9.47 Å². The van der Waals surface area contributed by atoms with E-state index in [-0.39, 0.29) is 5.91 Å². The van der Waals surface area contributed by atoms with Crippen LogP contribution in [0.5, 0.6) is 5.75 Å². The highest BCUT2D eigenvalue weighted by molar-refractivity contribution is 6.02. The molecule has 1 aliphatic heterocycles. The Morgan fingerprint density at radius 1 is 1.27 bits per heavy atom. The zero-order valence-electron chi connectivity index (χ0n) is 15.1. The number of nitrogens with zero attached hydrogens (tertiary/aromatic N) is 2. The van der Waals surface area contributed by atoms with E-state index in [0.29, 0.717) is 26.4 Å². The number of carbonyl (C=O) groups is 1. The maximum absolute atomic E-state index is 12.1. The number of rotatable bonds is 7. The number of hydrazone groups is 1. The van der Waals surface area contributed by atoms with Crippen molar-refractivity contribution in [1.29, 1.82) is 0 Å². The van der Waals surface area contributed by atoms with Crippen molar-refractivity contribution in [2.75, 3.05) is 39.5 Å². The van der Waals surface area contributed by atoms with Crippen LogP contribution in [-0.2, 0) is 9.53 Å². The second-order valence-corrected chi connectivity index (χ2v) is 6.23. The maximum atomic E-state index is 12.1. The van der Waals surface area contributed by atoms with Crippen molar-refractivity contribution < 1.29 is 14.3 Å². The molecule has 26 heavy (non-hydrogen) atoms. The van der Waals surface area contributed by atoms with Gasteiger partial charge in [-0.2, -0.15) is 5.10 Å². The maximum Gasteiger partial charge on any atom is 0.254 e. The molecule has 6 heteroatoms. The van der Waals surface area contributed by atoms with Crippen LogP contribution in [-0.4, -0.2) is 56.5 Å². The molecule has 2 aromatic rings. The molecule has 1 heterocycles. The Morgan fingerprint density at radius 3 is 2.88 bits per heavy atom. The number of hydrogen-bond acceptors (Lipinski definition) is 5. The minimum atomic E-state index is -0.126. The Morgan fingerprint density at radius 2 is 2.08 bits per heavy atom. The highest BCUT2D eigenvalue weighted by atomic mass is 16.5. The molecule has 1 aliphatic rings. The predicted molar refractivity (Wildman–Crippen MR) is 103 cm³/mol. The summed E-state index contributed by atoms with van der Waals surface area (Å²) in [6.45, 7) is 5.93. The minimum Gasteiger partial charge on any atom is -0.493 e. The normalized spacial score (nSPS) is 15.4. The Hall–Kier alpha value is -2.44. The highest BCUT2D eigenvalue weighted by Gasteiger charge is 2.13. The van der Waals surface area contributed by atoms with E-state index in [1.54, 1.807) is 6.21 Å². The average molecular weight is 355 g/mol. The van der Waals surface area contributed by atoms with Gasteiger partial charge in [-0.25, -0.2) is 5.43 Å². The van der Waals surface area contributed by atoms with Gasteiger partial charge in [-0.3, -0.25) is 9.69 Å². The molecule has 3 rings (SSSR count). The van der Waals surface area contributed by atoms with Gasteiger partial charge in [0, 0.05) is 18.7 Å². The van der Waals surface area contributed by atoms with Gasteiger partial charge in [0.15, 0.2) is 0 Å². The number of nitrogens with one attached hydrogen (secondary N) is 1. The number of hydrogen-bond donors (Lipinski definition) is 1. The summed E-state index contributed by atoms with van der Waals surface area (Å²) in [5.74, 6) is 0.649. The summed E-state index contributed by atoms with van der Waals surface area (Å²) in [7, 11) is 0. The lowest BCUT2D eigenvalue weighted by atomic mass is 10.0. The SMILES string of the molecule is CCCOc1ccc2ccccc2c1/C=N/NC(=O)CN1CCOCC1. The van der Waals surface area contributed by atoms with Crippen molar-refractivity contribution in [2.24, 2.45) is 5.10 Å². The first-order chi connectivity index (χ1) is 12.8. The monoisotopic (exact) mass is 355 g/mol. The molecular weight excluding hydrogens is 330 g/mol. The Kier molecular flexibility index (Phi) is 6.57. The fourth-order valence-corrected chi connectivity index (χ4v) is 2.91. The molecule has 0 atom stereocenters. The lowest BCUT2D eigenvalue weighted by molar-refractivity contribution is -0.123. The standard InChI is InChI=1S/C20H25N3O3/c1-2-11-26-19-8-7-16-5-3-4-6-17(16)18(19)14-21-22-20(24)15-23-9-12-25-13-10-23/h3-8,14H,2,9-13,15H2,1H3,(H,22,24)/b21-14+. The number of benzene rings is 2. The quantitative estimate of drug-likeness (QED) is 0.612. The van der Waals surface area contributed by atoms with E-state index in [1.807, 2.05) is 36.4 Å². The summed E-state index contributed by atoms with van der Waals surface area (Å²) in [5.41, 5.74) is 3.50. The van der Waals surface area contributed by atoms with Crippen LogP contribution >= 0.6 is 0 Å². The third-order valence-electron chi connectivity index (χ3n) is 4.25. The van der Waals surface area contributed by atoms with Gasteiger partial charge in [-0.15, -0.1) is 0 Å². The van der Waals surface area contributed by atoms with Gasteiger partial charge in [0.1, 0.15) is 5.75 Å². The first kappa shape index (κ1) is 18.4. The third kappa shape index (κ3) is 4.80. The number of fused-ring (bicyclic) bond motifs is 1. The molecule has 6 nitrogen and oxygen atoms in total. The smallest absolute Gasteiger partial charge is 0.254 e. The Balaban J connectivity index is 1.71. The molecule has 0 saturated carbocycles. The van der Waals surface area contributed by atoms with E-state index >= 15 is 0 Å². The van der Waals surface area contributed by atoms with Crippen molar-refractivity contribution in [2.45, 2.75) is 13.3 Å². The van der Waals surface area contributed by atoms with Crippen LogP contribution < -0.4 is 10.2 Å². The number of morpholine rings is 1. The summed E-state index contributed by atoms with van der Waals surface area (Å²) in [4.78, 5) is 14.1. The zero-order chi connectivity index (χ0) is 18.2. The molecule has 0 bridgehead atoms. The average Bonchev–Trinajstić information content (AvgIpc) is 2.68. The first-order valence-electron chi connectivity index (χ1n) is 9.04. The Bertz CT molecular complexity index is 770. The topological polar surface area (TPSA) is 63.2 Å². The van der Waals surface area contributed by atoms with Crippen LogP contribution in [0.4, 0.5) is 0 Å². The zero-order valence-corrected chi connectivity index (χ0v) is 15.1. The Labute approximate surface area is 153 Å². The van der Waals surface area contributed by atoms with Gasteiger partial charge < -0.3 is 9.47 Å². The number of carbonyl (C=O) groups excluding carboxylic acids is 1. The second-order valence-electron chi connectivity index (χ2n) is 6.23. The predicted octanol–water partition coefficient (Wildman–Crippen LogP) is 2.41. The van der Waals surface area contributed by atoms with Gasteiger partial charge >= 0.3 is 0 Å². The van der Waals surface area contributed by atoms with E-state index in [0.717, 1.165) is 41.6 Å². The molecule has 1 amide bonds. The molecule has 1 saturated heterocycles. The third-order valence-corrected chi connectivity index (χ3v) is 4.25. The number of amides is 1. The van der Waals surface area contributed by atoms with Crippen LogP contribution in [0.2, 0.25) is 0 Å². The van der Waals surface area contributed by atoms with Gasteiger partial charge in [0.05, 0.1) is 32.6 Å². The van der Waals surface area contributed by atoms with Crippen molar-refractivity contribution in [3.8, 4) is 5.75 Å². The fraction of sp³-hybridized carbons (Fsp3) is 0.400. The number of ether oxygens (including phenoxy) is 2. The summed E-state index contributed by atoms with van der Waals surface area (Å²) in [6.07, 6.45) is 2.60. The molecule has 2 aromatic carbocycles. The van der Waals surface area contributed by atoms with Gasteiger partial charge in [-0.1, -0.05) is 37.3 Å². The van der Waals surface area contributed by atoms with Crippen LogP contribution in [0.3, 0.4) is 0 Å². The summed E-state index contributed by atoms with van der Waals surface area (Å²) < 4.78 is 11.1. The van der Waals surface area contributed by atoms with Gasteiger partial charge in [0.25, 0.3) is 5.91 Å².